The van der Waals surface area contributed by atoms with Gasteiger partial charge in [0, 0.05) is 10.0 Å². The van der Waals surface area contributed by atoms with Crippen LogP contribution in [0.15, 0.2) is 53.0 Å². The molecule has 1 amide bonds. The monoisotopic (exact) mass is 399 g/mol. The summed E-state index contributed by atoms with van der Waals surface area (Å²) in [5, 5.41) is 7.52. The SMILES string of the molecule is O=C(Nc1c2c(nn1-c1ccccc1)CCC2)c1cc(Br)ccc1F. The van der Waals surface area contributed by atoms with Crippen LogP contribution in [0.2, 0.25) is 0 Å². The van der Waals surface area contributed by atoms with Crippen molar-refractivity contribution in [2.75, 3.05) is 5.32 Å². The fourth-order valence-electron chi connectivity index (χ4n) is 3.12. The van der Waals surface area contributed by atoms with E-state index in [1.807, 2.05) is 30.3 Å². The molecule has 4 rings (SSSR count). The van der Waals surface area contributed by atoms with Crippen LogP contribution in [0, 0.1) is 5.82 Å². The van der Waals surface area contributed by atoms with Crippen LogP contribution in [-0.4, -0.2) is 15.7 Å². The maximum absolute atomic E-state index is 14.0. The standard InChI is InChI=1S/C19H15BrFN3O/c20-12-9-10-16(21)15(11-12)19(25)22-18-14-7-4-8-17(14)23-24(18)13-5-2-1-3-6-13/h1-3,5-6,9-11H,4,7-8H2,(H,22,25). The molecular formula is C19H15BrFN3O. The number of benzene rings is 2. The number of hydrogen-bond donors (Lipinski definition) is 1. The summed E-state index contributed by atoms with van der Waals surface area (Å²) >= 11 is 3.28. The van der Waals surface area contributed by atoms with E-state index >= 15 is 0 Å². The van der Waals surface area contributed by atoms with Crippen LogP contribution in [0.4, 0.5) is 10.2 Å². The number of halogens is 2. The number of anilines is 1. The normalized spacial score (nSPS) is 12.9. The lowest BCUT2D eigenvalue weighted by Gasteiger charge is -2.11. The zero-order valence-electron chi connectivity index (χ0n) is 13.3. The molecule has 6 heteroatoms. The van der Waals surface area contributed by atoms with Gasteiger partial charge in [0.15, 0.2) is 0 Å². The number of carbonyl (C=O) groups excluding carboxylic acids is 1. The van der Waals surface area contributed by atoms with Crippen molar-refractivity contribution < 1.29 is 9.18 Å². The van der Waals surface area contributed by atoms with Crippen LogP contribution in [-0.2, 0) is 12.8 Å². The Balaban J connectivity index is 1.75. The van der Waals surface area contributed by atoms with Gasteiger partial charge >= 0.3 is 0 Å². The molecule has 1 heterocycles. The second-order valence-electron chi connectivity index (χ2n) is 5.95. The zero-order chi connectivity index (χ0) is 17.4. The molecule has 1 aromatic heterocycles. The van der Waals surface area contributed by atoms with Gasteiger partial charge in [0.05, 0.1) is 16.9 Å². The molecule has 3 aromatic rings. The Kier molecular flexibility index (Phi) is 4.13. The summed E-state index contributed by atoms with van der Waals surface area (Å²) in [6.45, 7) is 0. The first-order chi connectivity index (χ1) is 12.1. The highest BCUT2D eigenvalue weighted by Crippen LogP contribution is 2.31. The summed E-state index contributed by atoms with van der Waals surface area (Å²) in [7, 11) is 0. The van der Waals surface area contributed by atoms with Gasteiger partial charge in [0.2, 0.25) is 0 Å². The maximum atomic E-state index is 14.0. The summed E-state index contributed by atoms with van der Waals surface area (Å²) < 4.78 is 16.4. The molecule has 0 atom stereocenters. The van der Waals surface area contributed by atoms with Crippen molar-refractivity contribution in [2.45, 2.75) is 19.3 Å². The van der Waals surface area contributed by atoms with Gasteiger partial charge in [-0.1, -0.05) is 34.1 Å². The molecule has 1 aliphatic carbocycles. The van der Waals surface area contributed by atoms with Crippen molar-refractivity contribution in [2.24, 2.45) is 0 Å². The van der Waals surface area contributed by atoms with E-state index in [4.69, 9.17) is 0 Å². The maximum Gasteiger partial charge on any atom is 0.259 e. The number of para-hydroxylation sites is 1. The molecule has 0 saturated carbocycles. The van der Waals surface area contributed by atoms with E-state index in [0.717, 1.165) is 36.2 Å². The average Bonchev–Trinajstić information content (AvgIpc) is 3.20. The molecular weight excluding hydrogens is 385 g/mol. The van der Waals surface area contributed by atoms with Crippen molar-refractivity contribution in [1.82, 2.24) is 9.78 Å². The Hall–Kier alpha value is -2.47. The van der Waals surface area contributed by atoms with Gasteiger partial charge in [0.1, 0.15) is 11.6 Å². The van der Waals surface area contributed by atoms with Crippen molar-refractivity contribution in [1.29, 1.82) is 0 Å². The second-order valence-corrected chi connectivity index (χ2v) is 6.87. The van der Waals surface area contributed by atoms with Crippen molar-refractivity contribution in [3.05, 3.63) is 75.6 Å². The first-order valence-corrected chi connectivity index (χ1v) is 8.85. The highest BCUT2D eigenvalue weighted by molar-refractivity contribution is 9.10. The van der Waals surface area contributed by atoms with Gasteiger partial charge in [0.25, 0.3) is 5.91 Å². The first kappa shape index (κ1) is 16.0. The highest BCUT2D eigenvalue weighted by Gasteiger charge is 2.25. The number of aromatic nitrogens is 2. The summed E-state index contributed by atoms with van der Waals surface area (Å²) in [4.78, 5) is 12.7. The molecule has 0 radical (unpaired) electrons. The van der Waals surface area contributed by atoms with E-state index in [2.05, 4.69) is 26.3 Å². The Morgan fingerprint density at radius 1 is 1.16 bits per heavy atom. The highest BCUT2D eigenvalue weighted by atomic mass is 79.9. The van der Waals surface area contributed by atoms with E-state index in [-0.39, 0.29) is 5.56 Å². The Morgan fingerprint density at radius 3 is 2.76 bits per heavy atom. The quantitative estimate of drug-likeness (QED) is 0.703. The lowest BCUT2D eigenvalue weighted by Crippen LogP contribution is -2.17. The molecule has 0 unspecified atom stereocenters. The van der Waals surface area contributed by atoms with Crippen LogP contribution < -0.4 is 5.32 Å². The number of carbonyl (C=O) groups is 1. The largest absolute Gasteiger partial charge is 0.306 e. The van der Waals surface area contributed by atoms with Gasteiger partial charge in [-0.05, 0) is 49.6 Å². The van der Waals surface area contributed by atoms with Crippen LogP contribution in [0.1, 0.15) is 28.0 Å². The molecule has 1 N–H and O–H groups in total. The molecule has 1 aliphatic rings. The zero-order valence-corrected chi connectivity index (χ0v) is 14.9. The number of hydrogen-bond acceptors (Lipinski definition) is 2. The molecule has 2 aromatic carbocycles. The second kappa shape index (κ2) is 6.44. The third-order valence-electron chi connectivity index (χ3n) is 4.31. The Morgan fingerprint density at radius 2 is 1.96 bits per heavy atom. The van der Waals surface area contributed by atoms with Crippen LogP contribution in [0.25, 0.3) is 5.69 Å². The molecule has 0 spiro atoms. The van der Waals surface area contributed by atoms with Crippen molar-refractivity contribution >= 4 is 27.7 Å². The van der Waals surface area contributed by atoms with Gasteiger partial charge in [-0.2, -0.15) is 5.10 Å². The Bertz CT molecular complexity index is 953. The molecule has 0 fully saturated rings. The summed E-state index contributed by atoms with van der Waals surface area (Å²) in [6.07, 6.45) is 2.77. The molecule has 4 nitrogen and oxygen atoms in total. The third kappa shape index (κ3) is 2.98. The molecule has 126 valence electrons. The lowest BCUT2D eigenvalue weighted by molar-refractivity contribution is 0.102. The summed E-state index contributed by atoms with van der Waals surface area (Å²) in [5.74, 6) is -0.406. The van der Waals surface area contributed by atoms with Crippen LogP contribution >= 0.6 is 15.9 Å². The number of aryl methyl sites for hydroxylation is 1. The van der Waals surface area contributed by atoms with E-state index in [1.54, 1.807) is 10.7 Å². The van der Waals surface area contributed by atoms with Gasteiger partial charge in [-0.25, -0.2) is 9.07 Å². The number of nitrogens with one attached hydrogen (secondary N) is 1. The topological polar surface area (TPSA) is 46.9 Å². The molecule has 0 saturated heterocycles. The van der Waals surface area contributed by atoms with Crippen molar-refractivity contribution in [3.8, 4) is 5.69 Å². The summed E-state index contributed by atoms with van der Waals surface area (Å²) in [5.41, 5.74) is 2.89. The van der Waals surface area contributed by atoms with E-state index < -0.39 is 11.7 Å². The average molecular weight is 400 g/mol. The fourth-order valence-corrected chi connectivity index (χ4v) is 3.48. The first-order valence-electron chi connectivity index (χ1n) is 8.06. The lowest BCUT2D eigenvalue weighted by atomic mass is 10.2. The van der Waals surface area contributed by atoms with E-state index in [9.17, 15) is 9.18 Å². The van der Waals surface area contributed by atoms with Crippen molar-refractivity contribution in [3.63, 3.8) is 0 Å². The molecule has 25 heavy (non-hydrogen) atoms. The van der Waals surface area contributed by atoms with Gasteiger partial charge in [-0.3, -0.25) is 4.79 Å². The van der Waals surface area contributed by atoms with Gasteiger partial charge < -0.3 is 5.32 Å². The minimum Gasteiger partial charge on any atom is -0.306 e. The van der Waals surface area contributed by atoms with Gasteiger partial charge in [-0.15, -0.1) is 0 Å². The number of nitrogens with zero attached hydrogens (tertiary/aromatic N) is 2. The summed E-state index contributed by atoms with van der Waals surface area (Å²) in [6, 6.07) is 13.9. The third-order valence-corrected chi connectivity index (χ3v) is 4.81. The van der Waals surface area contributed by atoms with E-state index in [1.165, 1.54) is 12.1 Å². The Labute approximate surface area is 152 Å². The van der Waals surface area contributed by atoms with E-state index in [0.29, 0.717) is 10.3 Å². The van der Waals surface area contributed by atoms with Crippen LogP contribution in [0.5, 0.6) is 0 Å². The predicted octanol–water partition coefficient (Wildman–Crippen LogP) is 4.51. The molecule has 0 bridgehead atoms. The molecule has 0 aliphatic heterocycles. The number of fused-ring (bicyclic) bond motifs is 1. The smallest absolute Gasteiger partial charge is 0.259 e. The predicted molar refractivity (Wildman–Crippen MR) is 97.6 cm³/mol. The minimum absolute atomic E-state index is 0.00179. The minimum atomic E-state index is -0.553. The number of rotatable bonds is 3. The number of amides is 1. The van der Waals surface area contributed by atoms with Crippen LogP contribution in [0.3, 0.4) is 0 Å². The fraction of sp³-hybridized carbons (Fsp3) is 0.158.